The molecule has 0 saturated carbocycles. The molecule has 0 aromatic heterocycles. The van der Waals surface area contributed by atoms with Crippen molar-refractivity contribution in [1.82, 2.24) is 10.2 Å². The maximum atomic E-state index is 13.1. The number of hydrogen-bond donors (Lipinski definition) is 2. The summed E-state index contributed by atoms with van der Waals surface area (Å²) >= 11 is 6.07. The second-order valence-corrected chi connectivity index (χ2v) is 6.69. The van der Waals surface area contributed by atoms with E-state index in [0.29, 0.717) is 5.02 Å². The molecule has 0 radical (unpaired) electrons. The summed E-state index contributed by atoms with van der Waals surface area (Å²) in [5.74, 6) is -2.02. The lowest BCUT2D eigenvalue weighted by molar-refractivity contribution is -0.141. The zero-order valence-corrected chi connectivity index (χ0v) is 14.4. The van der Waals surface area contributed by atoms with E-state index in [-0.39, 0.29) is 19.1 Å². The number of carboxylic acids is 1. The molecule has 1 rings (SSSR count). The number of hydrogen-bond acceptors (Lipinski definition) is 2. The molecule has 0 fully saturated rings. The number of aliphatic carboxylic acids is 1. The van der Waals surface area contributed by atoms with Gasteiger partial charge in [0.2, 0.25) is 0 Å². The van der Waals surface area contributed by atoms with Gasteiger partial charge in [-0.3, -0.25) is 4.79 Å². The topological polar surface area (TPSA) is 69.6 Å². The third-order valence-electron chi connectivity index (χ3n) is 3.66. The van der Waals surface area contributed by atoms with Gasteiger partial charge in [-0.05, 0) is 17.7 Å². The Morgan fingerprint density at radius 2 is 2.04 bits per heavy atom. The number of nitrogens with one attached hydrogen (secondary N) is 1. The molecule has 23 heavy (non-hydrogen) atoms. The minimum absolute atomic E-state index is 0.110. The van der Waals surface area contributed by atoms with Gasteiger partial charge >= 0.3 is 12.0 Å². The lowest BCUT2D eigenvalue weighted by atomic mass is 9.84. The third-order valence-corrected chi connectivity index (χ3v) is 3.97. The van der Waals surface area contributed by atoms with E-state index in [9.17, 15) is 14.0 Å². The predicted octanol–water partition coefficient (Wildman–Crippen LogP) is 3.12. The summed E-state index contributed by atoms with van der Waals surface area (Å²) in [5, 5.41) is 11.9. The smallest absolute Gasteiger partial charge is 0.317 e. The van der Waals surface area contributed by atoms with Crippen LogP contribution in [-0.2, 0) is 10.2 Å². The number of carboxylic acid groups (broad SMARTS) is 1. The average Bonchev–Trinajstić information content (AvgIpc) is 2.44. The van der Waals surface area contributed by atoms with Crippen molar-refractivity contribution in [2.24, 2.45) is 5.92 Å². The summed E-state index contributed by atoms with van der Waals surface area (Å²) in [4.78, 5) is 24.2. The largest absolute Gasteiger partial charge is 0.481 e. The van der Waals surface area contributed by atoms with Crippen LogP contribution in [0, 0.1) is 11.7 Å². The van der Waals surface area contributed by atoms with Gasteiger partial charge in [0.1, 0.15) is 5.82 Å². The van der Waals surface area contributed by atoms with Crippen molar-refractivity contribution in [3.8, 4) is 0 Å². The second-order valence-electron chi connectivity index (χ2n) is 6.29. The van der Waals surface area contributed by atoms with Crippen molar-refractivity contribution in [2.75, 3.05) is 20.1 Å². The highest BCUT2D eigenvalue weighted by atomic mass is 35.5. The third kappa shape index (κ3) is 5.39. The van der Waals surface area contributed by atoms with Gasteiger partial charge in [-0.2, -0.15) is 0 Å². The van der Waals surface area contributed by atoms with Crippen LogP contribution < -0.4 is 5.32 Å². The molecule has 7 heteroatoms. The summed E-state index contributed by atoms with van der Waals surface area (Å²) in [7, 11) is 1.53. The van der Waals surface area contributed by atoms with Gasteiger partial charge in [-0.15, -0.1) is 0 Å². The number of halogens is 2. The van der Waals surface area contributed by atoms with Crippen molar-refractivity contribution >= 4 is 23.6 Å². The van der Waals surface area contributed by atoms with Crippen LogP contribution in [-0.4, -0.2) is 42.1 Å². The molecule has 0 aliphatic rings. The first kappa shape index (κ1) is 19.2. The maximum Gasteiger partial charge on any atom is 0.317 e. The molecule has 1 aromatic rings. The molecule has 2 amide bonds. The van der Waals surface area contributed by atoms with Gasteiger partial charge in [0, 0.05) is 30.6 Å². The fourth-order valence-corrected chi connectivity index (χ4v) is 2.56. The SMILES string of the molecule is CC(CN(C)C(=O)NCC(C)(C)c1ccc(F)cc1Cl)C(=O)O. The molecule has 2 N–H and O–H groups in total. The quantitative estimate of drug-likeness (QED) is 0.833. The average molecular weight is 345 g/mol. The molecule has 1 atom stereocenters. The summed E-state index contributed by atoms with van der Waals surface area (Å²) in [6.07, 6.45) is 0. The molecular formula is C16H22ClFN2O3. The van der Waals surface area contributed by atoms with E-state index in [1.165, 1.54) is 31.0 Å². The number of urea groups is 1. The van der Waals surface area contributed by atoms with Gasteiger partial charge in [-0.1, -0.05) is 38.4 Å². The van der Waals surface area contributed by atoms with E-state index < -0.39 is 23.1 Å². The van der Waals surface area contributed by atoms with Crippen LogP contribution in [0.5, 0.6) is 0 Å². The molecule has 128 valence electrons. The van der Waals surface area contributed by atoms with E-state index >= 15 is 0 Å². The normalized spacial score (nSPS) is 12.6. The minimum atomic E-state index is -0.955. The van der Waals surface area contributed by atoms with Crippen molar-refractivity contribution in [3.63, 3.8) is 0 Å². The number of benzene rings is 1. The maximum absolute atomic E-state index is 13.1. The van der Waals surface area contributed by atoms with E-state index in [4.69, 9.17) is 16.7 Å². The van der Waals surface area contributed by atoms with Gasteiger partial charge < -0.3 is 15.3 Å². The van der Waals surface area contributed by atoms with Crippen LogP contribution in [0.4, 0.5) is 9.18 Å². The van der Waals surface area contributed by atoms with Crippen LogP contribution in [0.2, 0.25) is 5.02 Å². The summed E-state index contributed by atoms with van der Waals surface area (Å²) in [5.41, 5.74) is 0.224. The summed E-state index contributed by atoms with van der Waals surface area (Å²) < 4.78 is 13.1. The minimum Gasteiger partial charge on any atom is -0.481 e. The summed E-state index contributed by atoms with van der Waals surface area (Å²) in [6.45, 7) is 5.69. The first-order valence-corrected chi connectivity index (χ1v) is 7.59. The Balaban J connectivity index is 2.68. The standard InChI is InChI=1S/C16H22ClFN2O3/c1-10(14(21)22)8-20(4)15(23)19-9-16(2,3)12-6-5-11(18)7-13(12)17/h5-7,10H,8-9H2,1-4H3,(H,19,23)(H,21,22). The molecule has 0 spiro atoms. The van der Waals surface area contributed by atoms with Crippen LogP contribution in [0.25, 0.3) is 0 Å². The highest BCUT2D eigenvalue weighted by molar-refractivity contribution is 6.31. The fraction of sp³-hybridized carbons (Fsp3) is 0.500. The second kappa shape index (κ2) is 7.64. The van der Waals surface area contributed by atoms with Gasteiger partial charge in [0.05, 0.1) is 5.92 Å². The number of amides is 2. The Morgan fingerprint density at radius 3 is 2.57 bits per heavy atom. The zero-order valence-electron chi connectivity index (χ0n) is 13.7. The lowest BCUT2D eigenvalue weighted by Gasteiger charge is -2.28. The number of nitrogens with zero attached hydrogens (tertiary/aromatic N) is 1. The molecule has 0 saturated heterocycles. The van der Waals surface area contributed by atoms with Gasteiger partial charge in [0.25, 0.3) is 0 Å². The molecule has 1 aromatic carbocycles. The lowest BCUT2D eigenvalue weighted by Crippen LogP contribution is -2.45. The zero-order chi connectivity index (χ0) is 17.8. The number of rotatable bonds is 6. The molecule has 1 unspecified atom stereocenters. The van der Waals surface area contributed by atoms with Crippen molar-refractivity contribution in [1.29, 1.82) is 0 Å². The van der Waals surface area contributed by atoms with E-state index in [1.54, 1.807) is 6.07 Å². The Kier molecular flexibility index (Phi) is 6.38. The van der Waals surface area contributed by atoms with Gasteiger partial charge in [-0.25, -0.2) is 9.18 Å². The molecule has 0 aliphatic carbocycles. The molecule has 0 aliphatic heterocycles. The highest BCUT2D eigenvalue weighted by Gasteiger charge is 2.25. The van der Waals surface area contributed by atoms with E-state index in [2.05, 4.69) is 5.32 Å². The van der Waals surface area contributed by atoms with Crippen molar-refractivity contribution < 1.29 is 19.1 Å². The Bertz CT molecular complexity index is 593. The Hall–Kier alpha value is -1.82. The molecule has 0 heterocycles. The van der Waals surface area contributed by atoms with E-state index in [0.717, 1.165) is 5.56 Å². The van der Waals surface area contributed by atoms with Crippen molar-refractivity contribution in [3.05, 3.63) is 34.6 Å². The summed E-state index contributed by atoms with van der Waals surface area (Å²) in [6, 6.07) is 3.79. The van der Waals surface area contributed by atoms with Crippen LogP contribution in [0.3, 0.4) is 0 Å². The molecule has 0 bridgehead atoms. The van der Waals surface area contributed by atoms with Crippen molar-refractivity contribution in [2.45, 2.75) is 26.2 Å². The van der Waals surface area contributed by atoms with Crippen LogP contribution >= 0.6 is 11.6 Å². The first-order chi connectivity index (χ1) is 10.5. The Morgan fingerprint density at radius 1 is 1.43 bits per heavy atom. The van der Waals surface area contributed by atoms with Gasteiger partial charge in [0.15, 0.2) is 0 Å². The predicted molar refractivity (Wildman–Crippen MR) is 87.3 cm³/mol. The molecule has 5 nitrogen and oxygen atoms in total. The first-order valence-electron chi connectivity index (χ1n) is 7.22. The fourth-order valence-electron chi connectivity index (χ4n) is 2.14. The molecular weight excluding hydrogens is 323 g/mol. The number of carbonyl (C=O) groups is 2. The van der Waals surface area contributed by atoms with E-state index in [1.807, 2.05) is 13.8 Å². The monoisotopic (exact) mass is 344 g/mol. The Labute approximate surface area is 140 Å². The van der Waals surface area contributed by atoms with Crippen LogP contribution in [0.1, 0.15) is 26.3 Å². The van der Waals surface area contributed by atoms with Crippen LogP contribution in [0.15, 0.2) is 18.2 Å². The number of carbonyl (C=O) groups excluding carboxylic acids is 1. The highest BCUT2D eigenvalue weighted by Crippen LogP contribution is 2.29.